The van der Waals surface area contributed by atoms with Gasteiger partial charge in [0, 0.05) is 16.8 Å². The fraction of sp³-hybridized carbons (Fsp3) is 0.548. The Labute approximate surface area is 210 Å². The minimum atomic E-state index is 0.201. The van der Waals surface area contributed by atoms with E-state index in [0.717, 1.165) is 59.0 Å². The number of ether oxygens (including phenoxy) is 1. The highest BCUT2D eigenvalue weighted by molar-refractivity contribution is 6.15. The zero-order valence-corrected chi connectivity index (χ0v) is 21.1. The van der Waals surface area contributed by atoms with Crippen molar-refractivity contribution in [2.45, 2.75) is 82.7 Å². The summed E-state index contributed by atoms with van der Waals surface area (Å²) in [4.78, 5) is 9.21. The number of aliphatic imine (C=N–C) groups is 1. The third-order valence-corrected chi connectivity index (χ3v) is 9.06. The van der Waals surface area contributed by atoms with Gasteiger partial charge in [-0.3, -0.25) is 4.99 Å². The summed E-state index contributed by atoms with van der Waals surface area (Å²) < 4.78 is 5.52. The molecular formula is C31H37N3O. The summed E-state index contributed by atoms with van der Waals surface area (Å²) in [5, 5.41) is 3.94. The highest BCUT2D eigenvalue weighted by Gasteiger charge is 2.51. The molecule has 35 heavy (non-hydrogen) atoms. The lowest BCUT2D eigenvalue weighted by molar-refractivity contribution is 0.0107. The van der Waals surface area contributed by atoms with E-state index in [1.54, 1.807) is 7.11 Å². The summed E-state index contributed by atoms with van der Waals surface area (Å²) in [5.74, 6) is 3.55. The van der Waals surface area contributed by atoms with Crippen molar-refractivity contribution < 1.29 is 4.74 Å². The van der Waals surface area contributed by atoms with Gasteiger partial charge in [-0.25, -0.2) is 4.85 Å². The molecular weight excluding hydrogens is 430 g/mol. The van der Waals surface area contributed by atoms with Gasteiger partial charge in [-0.15, -0.1) is 0 Å². The Bertz CT molecular complexity index is 1150. The predicted molar refractivity (Wildman–Crippen MR) is 143 cm³/mol. The van der Waals surface area contributed by atoms with Crippen LogP contribution in [0.2, 0.25) is 0 Å². The van der Waals surface area contributed by atoms with Gasteiger partial charge in [0.1, 0.15) is 5.75 Å². The Morgan fingerprint density at radius 3 is 2.46 bits per heavy atom. The van der Waals surface area contributed by atoms with Crippen molar-refractivity contribution in [1.82, 2.24) is 0 Å². The number of hydrogen-bond acceptors (Lipinski definition) is 3. The maximum Gasteiger partial charge on any atom is 0.210 e. The molecule has 4 fully saturated rings. The van der Waals surface area contributed by atoms with Crippen LogP contribution in [-0.4, -0.2) is 24.4 Å². The fourth-order valence-electron chi connectivity index (χ4n) is 7.91. The topological polar surface area (TPSA) is 38.0 Å². The molecule has 1 heterocycles. The van der Waals surface area contributed by atoms with E-state index in [9.17, 15) is 0 Å². The van der Waals surface area contributed by atoms with E-state index in [1.165, 1.54) is 62.5 Å². The molecule has 0 amide bonds. The Morgan fingerprint density at radius 2 is 1.80 bits per heavy atom. The van der Waals surface area contributed by atoms with Crippen LogP contribution in [0, 0.1) is 24.3 Å². The van der Waals surface area contributed by atoms with Gasteiger partial charge in [0.15, 0.2) is 0 Å². The predicted octanol–water partition coefficient (Wildman–Crippen LogP) is 7.58. The van der Waals surface area contributed by atoms with E-state index in [-0.39, 0.29) is 11.6 Å². The molecule has 4 nitrogen and oxygen atoms in total. The molecule has 1 N–H and O–H groups in total. The first-order valence-corrected chi connectivity index (χ1v) is 13.6. The maximum atomic E-state index is 7.99. The van der Waals surface area contributed by atoms with Crippen molar-refractivity contribution in [2.24, 2.45) is 22.7 Å². The number of methoxy groups -OCH3 is 1. The van der Waals surface area contributed by atoms with Gasteiger partial charge >= 0.3 is 0 Å². The van der Waals surface area contributed by atoms with Crippen molar-refractivity contribution >= 4 is 17.1 Å². The summed E-state index contributed by atoms with van der Waals surface area (Å²) in [7, 11) is 1.73. The fourth-order valence-corrected chi connectivity index (χ4v) is 7.91. The van der Waals surface area contributed by atoms with Crippen LogP contribution in [0.15, 0.2) is 41.4 Å². The van der Waals surface area contributed by atoms with Crippen molar-refractivity contribution in [1.29, 1.82) is 0 Å². The SMILES string of the molecule is [C-]#[N+]c1cc(C2=N[C@@H](CCCC)Cc3cc(OC)ccc32)ccc1NC12CC3CC(CC(C3)C1)C2. The minimum Gasteiger partial charge on any atom is -0.497 e. The van der Waals surface area contributed by atoms with Gasteiger partial charge in [0.2, 0.25) is 5.69 Å². The van der Waals surface area contributed by atoms with Gasteiger partial charge in [0.25, 0.3) is 0 Å². The molecule has 4 aliphatic carbocycles. The number of nitrogens with zero attached hydrogens (tertiary/aromatic N) is 2. The molecule has 4 heteroatoms. The first-order chi connectivity index (χ1) is 17.1. The summed E-state index contributed by atoms with van der Waals surface area (Å²) in [6.45, 7) is 10.2. The molecule has 1 aliphatic heterocycles. The molecule has 4 saturated carbocycles. The number of hydrogen-bond donors (Lipinski definition) is 1. The Balaban J connectivity index is 1.33. The normalized spacial score (nSPS) is 30.4. The van der Waals surface area contributed by atoms with Gasteiger partial charge in [-0.1, -0.05) is 25.8 Å². The van der Waals surface area contributed by atoms with E-state index < -0.39 is 0 Å². The molecule has 0 saturated heterocycles. The highest BCUT2D eigenvalue weighted by Crippen LogP contribution is 2.57. The van der Waals surface area contributed by atoms with Crippen LogP contribution in [0.4, 0.5) is 11.4 Å². The molecule has 182 valence electrons. The number of fused-ring (bicyclic) bond motifs is 1. The Hall–Kier alpha value is -2.80. The third-order valence-electron chi connectivity index (χ3n) is 9.06. The van der Waals surface area contributed by atoms with E-state index in [1.807, 2.05) is 6.07 Å². The quantitative estimate of drug-likeness (QED) is 0.426. The van der Waals surface area contributed by atoms with Crippen molar-refractivity contribution in [2.75, 3.05) is 12.4 Å². The molecule has 0 unspecified atom stereocenters. The smallest absolute Gasteiger partial charge is 0.210 e. The van der Waals surface area contributed by atoms with Crippen molar-refractivity contribution in [3.8, 4) is 5.75 Å². The average molecular weight is 468 g/mol. The van der Waals surface area contributed by atoms with Crippen molar-refractivity contribution in [3.63, 3.8) is 0 Å². The zero-order chi connectivity index (χ0) is 24.0. The van der Waals surface area contributed by atoms with E-state index in [4.69, 9.17) is 16.3 Å². The molecule has 0 aromatic heterocycles. The molecule has 0 radical (unpaired) electrons. The van der Waals surface area contributed by atoms with Gasteiger partial charge in [-0.05, 0) is 111 Å². The van der Waals surface area contributed by atoms with Crippen LogP contribution in [0.25, 0.3) is 4.85 Å². The molecule has 4 bridgehead atoms. The first-order valence-electron chi connectivity index (χ1n) is 13.6. The number of anilines is 1. The Morgan fingerprint density at radius 1 is 1.06 bits per heavy atom. The van der Waals surface area contributed by atoms with Crippen LogP contribution in [0.3, 0.4) is 0 Å². The number of unbranched alkanes of at least 4 members (excludes halogenated alkanes) is 1. The number of rotatable bonds is 7. The standard InChI is InChI=1S/C31H37N3O/c1-4-5-6-25-14-24-15-26(35-3)8-9-27(24)30(33-25)23-7-10-28(29(16-23)32-2)34-31-17-20-11-21(18-31)13-22(12-20)19-31/h7-10,15-16,20-22,25,34H,4-6,11-14,17-19H2,1,3H3/t20?,21?,22?,25-,31?/m0/s1. The lowest BCUT2D eigenvalue weighted by atomic mass is 9.53. The molecule has 1 atom stereocenters. The van der Waals surface area contributed by atoms with Crippen LogP contribution in [-0.2, 0) is 6.42 Å². The van der Waals surface area contributed by atoms with Crippen LogP contribution >= 0.6 is 0 Å². The second-order valence-electron chi connectivity index (χ2n) is 11.7. The lowest BCUT2D eigenvalue weighted by Crippen LogP contribution is -2.54. The zero-order valence-electron chi connectivity index (χ0n) is 21.1. The van der Waals surface area contributed by atoms with Gasteiger partial charge in [-0.2, -0.15) is 0 Å². The maximum absolute atomic E-state index is 7.99. The molecule has 2 aromatic carbocycles. The van der Waals surface area contributed by atoms with Crippen LogP contribution < -0.4 is 10.1 Å². The average Bonchev–Trinajstić information content (AvgIpc) is 2.85. The third kappa shape index (κ3) is 4.24. The van der Waals surface area contributed by atoms with E-state index in [0.29, 0.717) is 0 Å². The summed E-state index contributed by atoms with van der Waals surface area (Å²) >= 11 is 0. The number of nitrogens with one attached hydrogen (secondary N) is 1. The van der Waals surface area contributed by atoms with Crippen molar-refractivity contribution in [3.05, 3.63) is 64.5 Å². The minimum absolute atomic E-state index is 0.201. The van der Waals surface area contributed by atoms with Gasteiger partial charge in [0.05, 0.1) is 25.4 Å². The van der Waals surface area contributed by atoms with Gasteiger partial charge < -0.3 is 10.1 Å². The second kappa shape index (κ2) is 9.01. The Kier molecular flexibility index (Phi) is 5.83. The van der Waals surface area contributed by atoms with E-state index >= 15 is 0 Å². The lowest BCUT2D eigenvalue weighted by Gasteiger charge is -2.57. The molecule has 7 rings (SSSR count). The monoisotopic (exact) mass is 467 g/mol. The molecule has 5 aliphatic rings. The number of benzene rings is 2. The van der Waals surface area contributed by atoms with Crippen LogP contribution in [0.5, 0.6) is 5.75 Å². The largest absolute Gasteiger partial charge is 0.497 e. The molecule has 2 aromatic rings. The summed E-state index contributed by atoms with van der Waals surface area (Å²) in [6.07, 6.45) is 12.5. The first kappa shape index (κ1) is 22.7. The second-order valence-corrected chi connectivity index (χ2v) is 11.7. The summed E-state index contributed by atoms with van der Waals surface area (Å²) in [6, 6.07) is 13.0. The summed E-state index contributed by atoms with van der Waals surface area (Å²) in [5.41, 5.74) is 6.51. The highest BCUT2D eigenvalue weighted by atomic mass is 16.5. The molecule has 0 spiro atoms. The van der Waals surface area contributed by atoms with Crippen LogP contribution in [0.1, 0.15) is 81.4 Å². The van der Waals surface area contributed by atoms with E-state index in [2.05, 4.69) is 47.4 Å².